The number of nitrogens with two attached hydrogens (primary N) is 1. The number of nitrogen functional groups attached to an aromatic ring is 1. The van der Waals surface area contributed by atoms with Crippen LogP contribution in [0.3, 0.4) is 0 Å². The van der Waals surface area contributed by atoms with E-state index < -0.39 is 0 Å². The zero-order valence-corrected chi connectivity index (χ0v) is 16.0. The van der Waals surface area contributed by atoms with Crippen molar-refractivity contribution in [3.63, 3.8) is 0 Å². The van der Waals surface area contributed by atoms with Gasteiger partial charge < -0.3 is 20.6 Å². The number of aliphatic hydroxyl groups excluding tert-OH is 1. The second-order valence-electron chi connectivity index (χ2n) is 7.10. The van der Waals surface area contributed by atoms with E-state index in [2.05, 4.69) is 15.1 Å². The van der Waals surface area contributed by atoms with Gasteiger partial charge in [0, 0.05) is 30.5 Å². The number of anilines is 1. The molecule has 148 valence electrons. The summed E-state index contributed by atoms with van der Waals surface area (Å²) in [6.45, 7) is 1.37. The summed E-state index contributed by atoms with van der Waals surface area (Å²) in [5, 5.41) is 13.8. The van der Waals surface area contributed by atoms with Crippen molar-refractivity contribution < 1.29 is 9.84 Å². The Bertz CT molecular complexity index is 1040. The number of hydrogen-bond donors (Lipinski definition) is 3. The zero-order valence-electron chi connectivity index (χ0n) is 15.3. The van der Waals surface area contributed by atoms with Gasteiger partial charge in [-0.3, -0.25) is 4.79 Å². The van der Waals surface area contributed by atoms with Crippen LogP contribution in [-0.4, -0.2) is 44.0 Å². The summed E-state index contributed by atoms with van der Waals surface area (Å²) in [6.07, 6.45) is 7.22. The molecule has 2 aliphatic rings. The number of hydrogen-bond acceptors (Lipinski definition) is 6. The molecular weight excluding hydrogens is 382 g/mol. The first kappa shape index (κ1) is 18.9. The van der Waals surface area contributed by atoms with Gasteiger partial charge in [0.2, 0.25) is 0 Å². The lowest BCUT2D eigenvalue weighted by Crippen LogP contribution is -2.21. The number of fused-ring (bicyclic) bond motifs is 1. The Labute approximate surface area is 166 Å². The highest BCUT2D eigenvalue weighted by molar-refractivity contribution is 6.33. The SMILES string of the molecule is Nc1cc(-c2cc3c(=O)[nH]cc(C4CC4)n3n2)c(Cl)cn1.OC1CCCOC1. The van der Waals surface area contributed by atoms with Gasteiger partial charge in [-0.2, -0.15) is 5.10 Å². The summed E-state index contributed by atoms with van der Waals surface area (Å²) in [7, 11) is 0. The highest BCUT2D eigenvalue weighted by atomic mass is 35.5. The summed E-state index contributed by atoms with van der Waals surface area (Å²) >= 11 is 6.16. The maximum Gasteiger partial charge on any atom is 0.274 e. The highest BCUT2D eigenvalue weighted by Gasteiger charge is 2.27. The Hall–Kier alpha value is -2.42. The van der Waals surface area contributed by atoms with Gasteiger partial charge in [-0.25, -0.2) is 9.50 Å². The number of rotatable bonds is 2. The van der Waals surface area contributed by atoms with Crippen LogP contribution in [0.25, 0.3) is 16.8 Å². The molecule has 4 N–H and O–H groups in total. The van der Waals surface area contributed by atoms with Crippen molar-refractivity contribution in [1.29, 1.82) is 0 Å². The maximum absolute atomic E-state index is 12.0. The van der Waals surface area contributed by atoms with E-state index in [9.17, 15) is 4.79 Å². The topological polar surface area (TPSA) is 119 Å². The molecule has 0 radical (unpaired) electrons. The van der Waals surface area contributed by atoms with E-state index >= 15 is 0 Å². The molecule has 0 aromatic carbocycles. The fourth-order valence-electron chi connectivity index (χ4n) is 3.19. The van der Waals surface area contributed by atoms with E-state index in [0.717, 1.165) is 38.0 Å². The van der Waals surface area contributed by atoms with Gasteiger partial charge in [0.25, 0.3) is 5.56 Å². The summed E-state index contributed by atoms with van der Waals surface area (Å²) < 4.78 is 6.64. The Morgan fingerprint density at radius 3 is 2.79 bits per heavy atom. The first-order chi connectivity index (χ1) is 13.5. The lowest BCUT2D eigenvalue weighted by Gasteiger charge is -2.15. The monoisotopic (exact) mass is 403 g/mol. The van der Waals surface area contributed by atoms with E-state index in [1.807, 2.05) is 0 Å². The lowest BCUT2D eigenvalue weighted by atomic mass is 10.2. The molecule has 8 nitrogen and oxygen atoms in total. The number of halogens is 1. The van der Waals surface area contributed by atoms with Crippen molar-refractivity contribution in [2.75, 3.05) is 18.9 Å². The number of nitrogens with one attached hydrogen (secondary N) is 1. The van der Waals surface area contributed by atoms with Crippen molar-refractivity contribution in [2.24, 2.45) is 0 Å². The molecule has 1 unspecified atom stereocenters. The number of nitrogens with zero attached hydrogens (tertiary/aromatic N) is 3. The molecule has 3 aromatic heterocycles. The molecule has 0 amide bonds. The second-order valence-corrected chi connectivity index (χ2v) is 7.51. The summed E-state index contributed by atoms with van der Waals surface area (Å²) in [5.74, 6) is 0.831. The molecule has 1 saturated carbocycles. The fourth-order valence-corrected chi connectivity index (χ4v) is 3.39. The van der Waals surface area contributed by atoms with Crippen LogP contribution in [-0.2, 0) is 4.74 Å². The molecule has 9 heteroatoms. The van der Waals surface area contributed by atoms with Crippen LogP contribution in [0.15, 0.2) is 29.3 Å². The van der Waals surface area contributed by atoms with Crippen molar-refractivity contribution in [2.45, 2.75) is 37.7 Å². The Kier molecular flexibility index (Phi) is 5.34. The molecule has 1 atom stereocenters. The molecular formula is C19H22ClN5O3. The Morgan fingerprint density at radius 2 is 2.14 bits per heavy atom. The Morgan fingerprint density at radius 1 is 1.32 bits per heavy atom. The second kappa shape index (κ2) is 7.90. The number of pyridine rings is 1. The Balaban J connectivity index is 0.000000233. The number of H-pyrrole nitrogens is 1. The van der Waals surface area contributed by atoms with E-state index in [4.69, 9.17) is 27.2 Å². The van der Waals surface area contributed by atoms with E-state index in [1.54, 1.807) is 22.8 Å². The van der Waals surface area contributed by atoms with Crippen LogP contribution in [0.4, 0.5) is 5.82 Å². The van der Waals surface area contributed by atoms with Crippen molar-refractivity contribution in [3.05, 3.63) is 45.6 Å². The number of ether oxygens (including phenoxy) is 1. The number of aliphatic hydroxyl groups is 1. The number of aromatic amines is 1. The maximum atomic E-state index is 12.0. The minimum absolute atomic E-state index is 0.170. The van der Waals surface area contributed by atoms with Crippen LogP contribution >= 0.6 is 11.6 Å². The predicted octanol–water partition coefficient (Wildman–Crippen LogP) is 2.36. The molecule has 1 aliphatic carbocycles. The number of aromatic nitrogens is 4. The third kappa shape index (κ3) is 4.04. The molecule has 28 heavy (non-hydrogen) atoms. The largest absolute Gasteiger partial charge is 0.391 e. The van der Waals surface area contributed by atoms with Crippen molar-refractivity contribution in [3.8, 4) is 11.3 Å². The van der Waals surface area contributed by atoms with Crippen LogP contribution in [0, 0.1) is 0 Å². The predicted molar refractivity (Wildman–Crippen MR) is 107 cm³/mol. The van der Waals surface area contributed by atoms with Crippen LogP contribution < -0.4 is 11.3 Å². The molecule has 0 bridgehead atoms. The molecule has 5 rings (SSSR count). The van der Waals surface area contributed by atoms with Crippen molar-refractivity contribution >= 4 is 22.9 Å². The minimum Gasteiger partial charge on any atom is -0.391 e. The molecule has 2 fully saturated rings. The van der Waals surface area contributed by atoms with Gasteiger partial charge in [-0.1, -0.05) is 11.6 Å². The van der Waals surface area contributed by atoms with E-state index in [-0.39, 0.29) is 11.7 Å². The van der Waals surface area contributed by atoms with Gasteiger partial charge in [0.15, 0.2) is 0 Å². The smallest absolute Gasteiger partial charge is 0.274 e. The summed E-state index contributed by atoms with van der Waals surface area (Å²) in [5.41, 5.74) is 8.36. The first-order valence-corrected chi connectivity index (χ1v) is 9.69. The van der Waals surface area contributed by atoms with E-state index in [0.29, 0.717) is 40.1 Å². The first-order valence-electron chi connectivity index (χ1n) is 9.31. The average Bonchev–Trinajstić information content (AvgIpc) is 3.43. The molecule has 0 spiro atoms. The molecule has 3 aromatic rings. The molecule has 4 heterocycles. The van der Waals surface area contributed by atoms with Crippen molar-refractivity contribution in [1.82, 2.24) is 19.6 Å². The van der Waals surface area contributed by atoms with Gasteiger partial charge in [0.1, 0.15) is 11.3 Å². The third-order valence-electron chi connectivity index (χ3n) is 4.82. The van der Waals surface area contributed by atoms with Gasteiger partial charge >= 0.3 is 0 Å². The normalized spacial score (nSPS) is 19.3. The molecule has 1 saturated heterocycles. The fraction of sp³-hybridized carbons (Fsp3) is 0.421. The van der Waals surface area contributed by atoms with Crippen LogP contribution in [0.5, 0.6) is 0 Å². The summed E-state index contributed by atoms with van der Waals surface area (Å²) in [4.78, 5) is 18.7. The average molecular weight is 404 g/mol. The highest BCUT2D eigenvalue weighted by Crippen LogP contribution is 2.39. The third-order valence-corrected chi connectivity index (χ3v) is 5.12. The van der Waals surface area contributed by atoms with Gasteiger partial charge in [-0.15, -0.1) is 0 Å². The van der Waals surface area contributed by atoms with E-state index in [1.165, 1.54) is 6.20 Å². The minimum atomic E-state index is -0.186. The summed E-state index contributed by atoms with van der Waals surface area (Å²) in [6, 6.07) is 3.39. The van der Waals surface area contributed by atoms with Gasteiger partial charge in [0.05, 0.1) is 29.1 Å². The van der Waals surface area contributed by atoms with Crippen LogP contribution in [0.2, 0.25) is 5.02 Å². The quantitative estimate of drug-likeness (QED) is 0.604. The zero-order chi connectivity index (χ0) is 19.7. The van der Waals surface area contributed by atoms with Gasteiger partial charge in [-0.05, 0) is 37.8 Å². The van der Waals surface area contributed by atoms with Crippen LogP contribution in [0.1, 0.15) is 37.3 Å². The lowest BCUT2D eigenvalue weighted by molar-refractivity contribution is -0.00535. The standard InChI is InChI=1S/C14H12ClN5O.C5H10O2/c15-9-5-17-13(16)3-8(9)10-4-11-14(21)18-6-12(7-1-2-7)20(11)19-10;6-5-2-1-3-7-4-5/h3-7H,1-2H2,(H2,16,17)(H,18,21);5-6H,1-4H2. The molecule has 1 aliphatic heterocycles.